The number of alkyl halides is 1. The highest BCUT2D eigenvalue weighted by Crippen LogP contribution is 2.46. The summed E-state index contributed by atoms with van der Waals surface area (Å²) in [5, 5.41) is 6.58. The molecule has 0 saturated heterocycles. The van der Waals surface area contributed by atoms with Crippen LogP contribution in [0.2, 0.25) is 0 Å². The van der Waals surface area contributed by atoms with Crippen molar-refractivity contribution in [2.75, 3.05) is 5.32 Å². The first kappa shape index (κ1) is 13.7. The van der Waals surface area contributed by atoms with Crippen LogP contribution in [0.15, 0.2) is 22.7 Å². The van der Waals surface area contributed by atoms with Gasteiger partial charge in [-0.1, -0.05) is 17.3 Å². The number of carbonyl (C=O) groups excluding carboxylic acids is 1. The molecule has 0 atom stereocenters. The Bertz CT molecular complexity index is 673. The second kappa shape index (κ2) is 4.95. The van der Waals surface area contributed by atoms with Crippen LogP contribution in [-0.2, 0) is 4.79 Å². The molecule has 21 heavy (non-hydrogen) atoms. The lowest BCUT2D eigenvalue weighted by atomic mass is 9.73. The summed E-state index contributed by atoms with van der Waals surface area (Å²) < 4.78 is 18.7. The largest absolute Gasteiger partial charge is 0.339 e. The number of hydrogen-bond acceptors (Lipinski definition) is 4. The molecule has 0 spiro atoms. The van der Waals surface area contributed by atoms with Gasteiger partial charge in [-0.25, -0.2) is 4.39 Å². The van der Waals surface area contributed by atoms with Gasteiger partial charge in [-0.2, -0.15) is 4.98 Å². The van der Waals surface area contributed by atoms with Crippen LogP contribution in [0.1, 0.15) is 37.1 Å². The number of amides is 1. The molecule has 2 aromatic rings. The first-order chi connectivity index (χ1) is 9.98. The number of nitrogens with one attached hydrogen (secondary N) is 1. The molecule has 1 aromatic heterocycles. The third kappa shape index (κ3) is 2.66. The fourth-order valence-electron chi connectivity index (χ4n) is 2.64. The number of hydrogen-bond donors (Lipinski definition) is 1. The van der Waals surface area contributed by atoms with Crippen molar-refractivity contribution in [2.24, 2.45) is 0 Å². The quantitative estimate of drug-likeness (QED) is 0.877. The molecular formula is C15H16FN3O2. The minimum absolute atomic E-state index is 0.000677. The molecule has 1 aromatic carbocycles. The van der Waals surface area contributed by atoms with Crippen LogP contribution in [0.3, 0.4) is 0 Å². The Morgan fingerprint density at radius 1 is 1.48 bits per heavy atom. The van der Waals surface area contributed by atoms with Gasteiger partial charge in [0.2, 0.25) is 18.1 Å². The minimum Gasteiger partial charge on any atom is -0.339 e. The SMILES string of the molecule is Cc1ccc(-c2noc(C3CC(C)(F)C3)n2)cc1NC=O. The number of anilines is 1. The Balaban J connectivity index is 1.83. The van der Waals surface area contributed by atoms with Crippen molar-refractivity contribution in [3.05, 3.63) is 29.7 Å². The molecular weight excluding hydrogens is 273 g/mol. The normalized spacial score (nSPS) is 24.4. The predicted molar refractivity (Wildman–Crippen MR) is 75.6 cm³/mol. The molecule has 5 nitrogen and oxygen atoms in total. The molecule has 1 fully saturated rings. The average Bonchev–Trinajstić information content (AvgIpc) is 2.88. The summed E-state index contributed by atoms with van der Waals surface area (Å²) in [6.45, 7) is 3.48. The number of nitrogens with zero attached hydrogens (tertiary/aromatic N) is 2. The maximum Gasteiger partial charge on any atom is 0.230 e. The summed E-state index contributed by atoms with van der Waals surface area (Å²) >= 11 is 0. The van der Waals surface area contributed by atoms with Gasteiger partial charge in [0, 0.05) is 17.2 Å². The fraction of sp³-hybridized carbons (Fsp3) is 0.400. The Kier molecular flexibility index (Phi) is 3.23. The number of aromatic nitrogens is 2. The van der Waals surface area contributed by atoms with Gasteiger partial charge in [0.15, 0.2) is 0 Å². The highest BCUT2D eigenvalue weighted by atomic mass is 19.1. The Labute approximate surface area is 121 Å². The van der Waals surface area contributed by atoms with Crippen molar-refractivity contribution in [1.29, 1.82) is 0 Å². The first-order valence-corrected chi connectivity index (χ1v) is 6.82. The van der Waals surface area contributed by atoms with Crippen molar-refractivity contribution in [3.63, 3.8) is 0 Å². The number of halogens is 1. The van der Waals surface area contributed by atoms with E-state index in [0.29, 0.717) is 36.7 Å². The van der Waals surface area contributed by atoms with Crippen LogP contribution in [0.5, 0.6) is 0 Å². The molecule has 0 aliphatic heterocycles. The molecule has 1 N–H and O–H groups in total. The van der Waals surface area contributed by atoms with E-state index in [0.717, 1.165) is 11.1 Å². The standard InChI is InChI=1S/C15H16FN3O2/c1-9-3-4-10(5-12(9)17-8-20)13-18-14(21-19-13)11-6-15(2,16)7-11/h3-5,8,11H,6-7H2,1-2H3,(H,17,20). The maximum atomic E-state index is 13.5. The van der Waals surface area contributed by atoms with E-state index >= 15 is 0 Å². The zero-order chi connectivity index (χ0) is 15.0. The molecule has 1 heterocycles. The second-order valence-electron chi connectivity index (χ2n) is 5.77. The molecule has 1 aliphatic rings. The Morgan fingerprint density at radius 2 is 2.24 bits per heavy atom. The zero-order valence-electron chi connectivity index (χ0n) is 11.9. The Morgan fingerprint density at radius 3 is 2.90 bits per heavy atom. The molecule has 0 bridgehead atoms. The van der Waals surface area contributed by atoms with E-state index in [1.54, 1.807) is 13.0 Å². The summed E-state index contributed by atoms with van der Waals surface area (Å²) in [7, 11) is 0. The third-order valence-electron chi connectivity index (χ3n) is 3.85. The van der Waals surface area contributed by atoms with Crippen LogP contribution >= 0.6 is 0 Å². The molecule has 1 aliphatic carbocycles. The summed E-state index contributed by atoms with van der Waals surface area (Å²) in [4.78, 5) is 14.9. The predicted octanol–water partition coefficient (Wildman–Crippen LogP) is 3.22. The number of carbonyl (C=O) groups is 1. The smallest absolute Gasteiger partial charge is 0.230 e. The third-order valence-corrected chi connectivity index (χ3v) is 3.85. The van der Waals surface area contributed by atoms with E-state index < -0.39 is 5.67 Å². The molecule has 1 saturated carbocycles. The van der Waals surface area contributed by atoms with E-state index in [1.165, 1.54) is 0 Å². The van der Waals surface area contributed by atoms with Crippen molar-refractivity contribution >= 4 is 12.1 Å². The first-order valence-electron chi connectivity index (χ1n) is 6.82. The van der Waals surface area contributed by atoms with Crippen LogP contribution in [0.25, 0.3) is 11.4 Å². The lowest BCUT2D eigenvalue weighted by Crippen LogP contribution is -2.35. The van der Waals surface area contributed by atoms with Gasteiger partial charge < -0.3 is 9.84 Å². The number of benzene rings is 1. The second-order valence-corrected chi connectivity index (χ2v) is 5.77. The molecule has 0 unspecified atom stereocenters. The van der Waals surface area contributed by atoms with Crippen molar-refractivity contribution in [1.82, 2.24) is 10.1 Å². The van der Waals surface area contributed by atoms with Gasteiger partial charge in [0.25, 0.3) is 0 Å². The summed E-state index contributed by atoms with van der Waals surface area (Å²) in [5.74, 6) is 0.927. The highest BCUT2D eigenvalue weighted by Gasteiger charge is 2.44. The maximum absolute atomic E-state index is 13.5. The van der Waals surface area contributed by atoms with Gasteiger partial charge in [-0.05, 0) is 38.3 Å². The average molecular weight is 289 g/mol. The monoisotopic (exact) mass is 289 g/mol. The van der Waals surface area contributed by atoms with Crippen LogP contribution < -0.4 is 5.32 Å². The summed E-state index contributed by atoms with van der Waals surface area (Å²) in [6.07, 6.45) is 1.46. The van der Waals surface area contributed by atoms with Gasteiger partial charge in [-0.15, -0.1) is 0 Å². The fourth-order valence-corrected chi connectivity index (χ4v) is 2.64. The molecule has 1 amide bonds. The molecule has 3 rings (SSSR count). The van der Waals surface area contributed by atoms with Crippen LogP contribution in [0, 0.1) is 6.92 Å². The van der Waals surface area contributed by atoms with Crippen molar-refractivity contribution < 1.29 is 13.7 Å². The lowest BCUT2D eigenvalue weighted by molar-refractivity contribution is -0.105. The summed E-state index contributed by atoms with van der Waals surface area (Å²) in [6, 6.07) is 5.53. The van der Waals surface area contributed by atoms with E-state index in [9.17, 15) is 9.18 Å². The van der Waals surface area contributed by atoms with Gasteiger partial charge in [0.05, 0.1) is 0 Å². The molecule has 110 valence electrons. The number of rotatable bonds is 4. The lowest BCUT2D eigenvalue weighted by Gasteiger charge is -2.36. The highest BCUT2D eigenvalue weighted by molar-refractivity contribution is 5.76. The van der Waals surface area contributed by atoms with Gasteiger partial charge >= 0.3 is 0 Å². The van der Waals surface area contributed by atoms with Crippen LogP contribution in [-0.4, -0.2) is 22.2 Å². The molecule has 0 radical (unpaired) electrons. The number of aryl methyl sites for hydroxylation is 1. The van der Waals surface area contributed by atoms with Gasteiger partial charge in [0.1, 0.15) is 5.67 Å². The minimum atomic E-state index is -1.12. The van der Waals surface area contributed by atoms with E-state index in [2.05, 4.69) is 15.5 Å². The van der Waals surface area contributed by atoms with E-state index in [4.69, 9.17) is 4.52 Å². The molecule has 6 heteroatoms. The van der Waals surface area contributed by atoms with Crippen LogP contribution in [0.4, 0.5) is 10.1 Å². The van der Waals surface area contributed by atoms with Crippen molar-refractivity contribution in [3.8, 4) is 11.4 Å². The van der Waals surface area contributed by atoms with E-state index in [-0.39, 0.29) is 5.92 Å². The van der Waals surface area contributed by atoms with Gasteiger partial charge in [-0.3, -0.25) is 4.79 Å². The van der Waals surface area contributed by atoms with Crippen molar-refractivity contribution in [2.45, 2.75) is 38.3 Å². The zero-order valence-corrected chi connectivity index (χ0v) is 11.9. The topological polar surface area (TPSA) is 68.0 Å². The Hall–Kier alpha value is -2.24. The van der Waals surface area contributed by atoms with E-state index in [1.807, 2.05) is 19.1 Å². The summed E-state index contributed by atoms with van der Waals surface area (Å²) in [5.41, 5.74) is 1.28.